The lowest BCUT2D eigenvalue weighted by molar-refractivity contribution is 0.0947. The number of halogens is 1. The smallest absolute Gasteiger partial charge is 0.254 e. The predicted molar refractivity (Wildman–Crippen MR) is 70.4 cm³/mol. The van der Waals surface area contributed by atoms with Crippen molar-refractivity contribution in [3.8, 4) is 11.8 Å². The molecule has 2 rings (SSSR count). The molecular weight excluding hydrogens is 259 g/mol. The molecule has 100 valence electrons. The van der Waals surface area contributed by atoms with Crippen molar-refractivity contribution in [3.05, 3.63) is 65.0 Å². The molecule has 4 nitrogen and oxygen atoms in total. The van der Waals surface area contributed by atoms with Gasteiger partial charge in [-0.25, -0.2) is 4.39 Å². The first kappa shape index (κ1) is 13.6. The van der Waals surface area contributed by atoms with Gasteiger partial charge < -0.3 is 10.4 Å². The van der Waals surface area contributed by atoms with Gasteiger partial charge >= 0.3 is 0 Å². The number of nitriles is 1. The number of carbonyl (C=O) groups excluding carboxylic acids is 1. The lowest BCUT2D eigenvalue weighted by Crippen LogP contribution is -2.23. The highest BCUT2D eigenvalue weighted by Crippen LogP contribution is 2.15. The first-order valence-corrected chi connectivity index (χ1v) is 5.86. The number of rotatable bonds is 3. The molecule has 0 spiro atoms. The Morgan fingerprint density at radius 3 is 2.55 bits per heavy atom. The Hall–Kier alpha value is -2.87. The van der Waals surface area contributed by atoms with E-state index in [1.165, 1.54) is 12.1 Å². The summed E-state index contributed by atoms with van der Waals surface area (Å²) in [6, 6.07) is 12.1. The molecule has 0 aliphatic carbocycles. The van der Waals surface area contributed by atoms with Crippen molar-refractivity contribution >= 4 is 5.91 Å². The van der Waals surface area contributed by atoms with Gasteiger partial charge in [-0.15, -0.1) is 0 Å². The van der Waals surface area contributed by atoms with Gasteiger partial charge in [0.1, 0.15) is 11.6 Å². The van der Waals surface area contributed by atoms with Crippen LogP contribution in [0.3, 0.4) is 0 Å². The number of nitrogens with one attached hydrogen (secondary N) is 1. The highest BCUT2D eigenvalue weighted by atomic mass is 19.1. The quantitative estimate of drug-likeness (QED) is 0.899. The molecule has 0 aliphatic heterocycles. The van der Waals surface area contributed by atoms with Crippen LogP contribution < -0.4 is 5.32 Å². The minimum atomic E-state index is -0.776. The summed E-state index contributed by atoms with van der Waals surface area (Å²) in [7, 11) is 0. The predicted octanol–water partition coefficient (Wildman–Crippen LogP) is 2.33. The van der Waals surface area contributed by atoms with Gasteiger partial charge in [-0.2, -0.15) is 5.26 Å². The van der Waals surface area contributed by atoms with Crippen molar-refractivity contribution in [3.63, 3.8) is 0 Å². The Morgan fingerprint density at radius 1 is 1.25 bits per heavy atom. The van der Waals surface area contributed by atoms with Crippen LogP contribution in [0.25, 0.3) is 0 Å². The van der Waals surface area contributed by atoms with E-state index < -0.39 is 11.7 Å². The van der Waals surface area contributed by atoms with Crippen molar-refractivity contribution in [1.29, 1.82) is 5.26 Å². The topological polar surface area (TPSA) is 73.1 Å². The van der Waals surface area contributed by atoms with Gasteiger partial charge in [0.05, 0.1) is 17.2 Å². The minimum Gasteiger partial charge on any atom is -0.508 e. The molecule has 2 aromatic rings. The third-order valence-electron chi connectivity index (χ3n) is 2.73. The van der Waals surface area contributed by atoms with E-state index in [0.29, 0.717) is 5.56 Å². The maximum Gasteiger partial charge on any atom is 0.254 e. The SMILES string of the molecule is N#Cc1ccc(CNC(=O)c2ccc(O)cc2F)cc1. The van der Waals surface area contributed by atoms with Gasteiger partial charge in [0.2, 0.25) is 0 Å². The highest BCUT2D eigenvalue weighted by Gasteiger charge is 2.11. The molecule has 0 saturated heterocycles. The maximum absolute atomic E-state index is 13.5. The average Bonchev–Trinajstić information content (AvgIpc) is 2.45. The van der Waals surface area contributed by atoms with Crippen LogP contribution in [-0.2, 0) is 6.54 Å². The third kappa shape index (κ3) is 3.12. The van der Waals surface area contributed by atoms with Gasteiger partial charge in [-0.05, 0) is 29.8 Å². The zero-order chi connectivity index (χ0) is 14.5. The monoisotopic (exact) mass is 270 g/mol. The van der Waals surface area contributed by atoms with Crippen LogP contribution >= 0.6 is 0 Å². The summed E-state index contributed by atoms with van der Waals surface area (Å²) in [5, 5.41) is 20.3. The Bertz CT molecular complexity index is 675. The number of phenolic OH excluding ortho intramolecular Hbond substituents is 1. The molecule has 1 amide bonds. The fourth-order valence-electron chi connectivity index (χ4n) is 1.66. The minimum absolute atomic E-state index is 0.128. The van der Waals surface area contributed by atoms with Crippen LogP contribution in [0.5, 0.6) is 5.75 Å². The number of phenols is 1. The summed E-state index contributed by atoms with van der Waals surface area (Å²) >= 11 is 0. The van der Waals surface area contributed by atoms with E-state index in [4.69, 9.17) is 10.4 Å². The Morgan fingerprint density at radius 2 is 1.95 bits per heavy atom. The Balaban J connectivity index is 2.03. The number of nitrogens with zero attached hydrogens (tertiary/aromatic N) is 1. The molecule has 0 atom stereocenters. The van der Waals surface area contributed by atoms with Gasteiger partial charge in [0.25, 0.3) is 5.91 Å². The van der Waals surface area contributed by atoms with Gasteiger partial charge in [0.15, 0.2) is 0 Å². The van der Waals surface area contributed by atoms with Crippen LogP contribution in [0.1, 0.15) is 21.5 Å². The number of amides is 1. The second-order valence-corrected chi connectivity index (χ2v) is 4.16. The number of hydrogen-bond acceptors (Lipinski definition) is 3. The fraction of sp³-hybridized carbons (Fsp3) is 0.0667. The molecule has 0 radical (unpaired) electrons. The fourth-order valence-corrected chi connectivity index (χ4v) is 1.66. The molecule has 0 bridgehead atoms. The third-order valence-corrected chi connectivity index (χ3v) is 2.73. The van der Waals surface area contributed by atoms with Crippen molar-refractivity contribution in [1.82, 2.24) is 5.32 Å². The van der Waals surface area contributed by atoms with E-state index in [-0.39, 0.29) is 17.9 Å². The first-order chi connectivity index (χ1) is 9.60. The largest absolute Gasteiger partial charge is 0.508 e. The van der Waals surface area contributed by atoms with E-state index in [0.717, 1.165) is 11.6 Å². The van der Waals surface area contributed by atoms with Crippen molar-refractivity contribution < 1.29 is 14.3 Å². The molecule has 5 heteroatoms. The molecular formula is C15H11FN2O2. The molecule has 0 aromatic heterocycles. The number of hydrogen-bond donors (Lipinski definition) is 2. The summed E-state index contributed by atoms with van der Waals surface area (Å²) in [4.78, 5) is 11.8. The van der Waals surface area contributed by atoms with E-state index in [2.05, 4.69) is 5.32 Å². The van der Waals surface area contributed by atoms with E-state index >= 15 is 0 Å². The first-order valence-electron chi connectivity index (χ1n) is 5.86. The summed E-state index contributed by atoms with van der Waals surface area (Å²) in [5.41, 5.74) is 1.21. The van der Waals surface area contributed by atoms with Crippen LogP contribution in [0, 0.1) is 17.1 Å². The molecule has 0 aliphatic rings. The summed E-state index contributed by atoms with van der Waals surface area (Å²) in [6.45, 7) is 0.227. The number of aromatic hydroxyl groups is 1. The zero-order valence-electron chi connectivity index (χ0n) is 10.4. The summed E-state index contributed by atoms with van der Waals surface area (Å²) < 4.78 is 13.5. The van der Waals surface area contributed by atoms with Crippen LogP contribution in [0.4, 0.5) is 4.39 Å². The normalized spacial score (nSPS) is 9.80. The molecule has 20 heavy (non-hydrogen) atoms. The molecule has 2 aromatic carbocycles. The number of carbonyl (C=O) groups is 1. The Labute approximate surface area is 115 Å². The van der Waals surface area contributed by atoms with Crippen molar-refractivity contribution in [2.24, 2.45) is 0 Å². The lowest BCUT2D eigenvalue weighted by atomic mass is 10.1. The van der Waals surface area contributed by atoms with E-state index in [1.807, 2.05) is 6.07 Å². The van der Waals surface area contributed by atoms with Crippen molar-refractivity contribution in [2.45, 2.75) is 6.54 Å². The van der Waals surface area contributed by atoms with Crippen LogP contribution in [0.15, 0.2) is 42.5 Å². The molecule has 0 saturated carbocycles. The highest BCUT2D eigenvalue weighted by molar-refractivity contribution is 5.94. The van der Waals surface area contributed by atoms with E-state index in [1.54, 1.807) is 24.3 Å². The molecule has 0 unspecified atom stereocenters. The van der Waals surface area contributed by atoms with Gasteiger partial charge in [-0.1, -0.05) is 12.1 Å². The molecule has 0 heterocycles. The van der Waals surface area contributed by atoms with Gasteiger partial charge in [0, 0.05) is 12.6 Å². The maximum atomic E-state index is 13.5. The molecule has 0 fully saturated rings. The van der Waals surface area contributed by atoms with Crippen molar-refractivity contribution in [2.75, 3.05) is 0 Å². The van der Waals surface area contributed by atoms with E-state index in [9.17, 15) is 9.18 Å². The number of benzene rings is 2. The Kier molecular flexibility index (Phi) is 3.96. The summed E-state index contributed by atoms with van der Waals surface area (Å²) in [5.74, 6) is -1.57. The summed E-state index contributed by atoms with van der Waals surface area (Å²) in [6.07, 6.45) is 0. The lowest BCUT2D eigenvalue weighted by Gasteiger charge is -2.06. The average molecular weight is 270 g/mol. The second-order valence-electron chi connectivity index (χ2n) is 4.16. The van der Waals surface area contributed by atoms with Crippen LogP contribution in [0.2, 0.25) is 0 Å². The van der Waals surface area contributed by atoms with Gasteiger partial charge in [-0.3, -0.25) is 4.79 Å². The zero-order valence-corrected chi connectivity index (χ0v) is 10.4. The van der Waals surface area contributed by atoms with Crippen LogP contribution in [-0.4, -0.2) is 11.0 Å². The standard InChI is InChI=1S/C15H11FN2O2/c16-14-7-12(19)5-6-13(14)15(20)18-9-11-3-1-10(8-17)2-4-11/h1-7,19H,9H2,(H,18,20). The molecule has 2 N–H and O–H groups in total. The second kappa shape index (κ2) is 5.85.